The van der Waals surface area contributed by atoms with E-state index in [1.165, 1.54) is 4.90 Å². The number of morpholine rings is 2. The van der Waals surface area contributed by atoms with Crippen LogP contribution in [0, 0.1) is 11.8 Å². The molecule has 4 atom stereocenters. The molecule has 0 spiro atoms. The van der Waals surface area contributed by atoms with Crippen molar-refractivity contribution in [2.45, 2.75) is 65.5 Å². The van der Waals surface area contributed by atoms with E-state index in [2.05, 4.69) is 29.0 Å². The SMILES string of the molecule is CC[C@H](C)C1C(=O)N(CCN2CCOCC2)C(=O)N1C.CC[C@H](C)[C@H](NC)C(=O)CCCN1CCOCC1.Cl.[2H]CI. The van der Waals surface area contributed by atoms with Gasteiger partial charge in [-0.3, -0.25) is 24.3 Å². The van der Waals surface area contributed by atoms with Crippen LogP contribution in [0.3, 0.4) is 0 Å². The third kappa shape index (κ3) is 13.3. The number of carbonyl (C=O) groups is 3. The third-order valence-corrected chi connectivity index (χ3v) is 8.27. The molecule has 0 aromatic carbocycles. The van der Waals surface area contributed by atoms with Gasteiger partial charge in [0.15, 0.2) is 0 Å². The van der Waals surface area contributed by atoms with Crippen molar-refractivity contribution in [1.82, 2.24) is 24.9 Å². The summed E-state index contributed by atoms with van der Waals surface area (Å²) in [7, 11) is 3.61. The van der Waals surface area contributed by atoms with Gasteiger partial charge in [-0.2, -0.15) is 0 Å². The lowest BCUT2D eigenvalue weighted by molar-refractivity contribution is -0.129. The molecule has 242 valence electrons. The Morgan fingerprint density at radius 2 is 1.51 bits per heavy atom. The van der Waals surface area contributed by atoms with Crippen LogP contribution in [0.5, 0.6) is 0 Å². The molecule has 1 N–H and O–H groups in total. The molecule has 0 aromatic heterocycles. The smallest absolute Gasteiger partial charge is 0.327 e. The van der Waals surface area contributed by atoms with E-state index in [0.717, 1.165) is 85.0 Å². The molecule has 0 saturated carbocycles. The number of Topliss-reactive ketones (excluding diaryl/α,β-unsaturated/α-hetero) is 1. The van der Waals surface area contributed by atoms with Crippen LogP contribution in [-0.2, 0) is 19.1 Å². The van der Waals surface area contributed by atoms with Crippen molar-refractivity contribution >= 4 is 52.7 Å². The highest BCUT2D eigenvalue weighted by molar-refractivity contribution is 14.1. The summed E-state index contributed by atoms with van der Waals surface area (Å²) in [6.45, 7) is 17.5. The lowest BCUT2D eigenvalue weighted by Gasteiger charge is -2.27. The van der Waals surface area contributed by atoms with Crippen molar-refractivity contribution in [2.75, 3.05) is 91.2 Å². The molecule has 0 radical (unpaired) electrons. The molecular formula is C29H57ClIN5O5. The monoisotopic (exact) mass is 718 g/mol. The zero-order chi connectivity index (χ0) is 30.8. The Morgan fingerprint density at radius 3 is 1.98 bits per heavy atom. The van der Waals surface area contributed by atoms with Gasteiger partial charge >= 0.3 is 6.03 Å². The molecule has 41 heavy (non-hydrogen) atoms. The van der Waals surface area contributed by atoms with E-state index < -0.39 is 0 Å². The third-order valence-electron chi connectivity index (χ3n) is 8.27. The van der Waals surface area contributed by atoms with Crippen molar-refractivity contribution in [3.05, 3.63) is 0 Å². The quantitative estimate of drug-likeness (QED) is 0.176. The number of urea groups is 1. The Balaban J connectivity index is 0.000000720. The topological polar surface area (TPSA) is 94.7 Å². The van der Waals surface area contributed by atoms with E-state index in [0.29, 0.717) is 29.6 Å². The maximum atomic E-state index is 12.4. The van der Waals surface area contributed by atoms with Crippen molar-refractivity contribution in [3.63, 3.8) is 0 Å². The number of amides is 3. The number of ketones is 1. The fourth-order valence-corrected chi connectivity index (χ4v) is 5.31. The molecule has 3 amide bonds. The van der Waals surface area contributed by atoms with Crippen molar-refractivity contribution < 1.29 is 25.2 Å². The predicted octanol–water partition coefficient (Wildman–Crippen LogP) is 3.40. The number of hydrogen-bond acceptors (Lipinski definition) is 8. The van der Waals surface area contributed by atoms with Gasteiger partial charge in [0.05, 0.1) is 32.5 Å². The van der Waals surface area contributed by atoms with E-state index >= 15 is 0 Å². The van der Waals surface area contributed by atoms with Gasteiger partial charge in [0.2, 0.25) is 0 Å². The highest BCUT2D eigenvalue weighted by Crippen LogP contribution is 2.23. The van der Waals surface area contributed by atoms with Gasteiger partial charge in [0.25, 0.3) is 5.91 Å². The van der Waals surface area contributed by atoms with Crippen molar-refractivity contribution in [1.29, 1.82) is 0 Å². The number of imide groups is 1. The number of carbonyl (C=O) groups excluding carboxylic acids is 3. The van der Waals surface area contributed by atoms with E-state index in [4.69, 9.17) is 10.8 Å². The summed E-state index contributed by atoms with van der Waals surface area (Å²) in [6, 6.07) is -0.426. The minimum atomic E-state index is -0.294. The average Bonchev–Trinajstić information content (AvgIpc) is 3.20. The minimum Gasteiger partial charge on any atom is -0.379 e. The fourth-order valence-electron chi connectivity index (χ4n) is 5.31. The summed E-state index contributed by atoms with van der Waals surface area (Å²) < 4.78 is 16.8. The van der Waals surface area contributed by atoms with Crippen LogP contribution in [0.4, 0.5) is 4.79 Å². The first-order valence-electron chi connectivity index (χ1n) is 15.6. The van der Waals surface area contributed by atoms with E-state index in [1.807, 2.05) is 43.5 Å². The fraction of sp³-hybridized carbons (Fsp3) is 0.897. The zero-order valence-corrected chi connectivity index (χ0v) is 29.2. The summed E-state index contributed by atoms with van der Waals surface area (Å²) >= 11 is 1.96. The lowest BCUT2D eigenvalue weighted by Crippen LogP contribution is -2.43. The number of nitrogens with zero attached hydrogens (tertiary/aromatic N) is 4. The first-order chi connectivity index (χ1) is 19.7. The first-order valence-corrected chi connectivity index (χ1v) is 16.4. The maximum Gasteiger partial charge on any atom is 0.327 e. The molecule has 0 aliphatic carbocycles. The number of ether oxygens (including phenoxy) is 2. The normalized spacial score (nSPS) is 22.4. The molecule has 0 aromatic rings. The largest absolute Gasteiger partial charge is 0.379 e. The minimum absolute atomic E-state index is 0. The Morgan fingerprint density at radius 1 is 1.00 bits per heavy atom. The molecule has 3 fully saturated rings. The second-order valence-electron chi connectivity index (χ2n) is 10.8. The Labute approximate surface area is 270 Å². The van der Waals surface area contributed by atoms with Gasteiger partial charge in [-0.25, -0.2) is 4.79 Å². The Bertz CT molecular complexity index is 762. The highest BCUT2D eigenvalue weighted by Gasteiger charge is 2.44. The lowest BCUT2D eigenvalue weighted by atomic mass is 9.93. The second-order valence-corrected chi connectivity index (χ2v) is 10.8. The molecule has 3 aliphatic heterocycles. The Hall–Kier alpha value is -0.570. The predicted molar refractivity (Wildman–Crippen MR) is 176 cm³/mol. The molecule has 12 heteroatoms. The zero-order valence-electron chi connectivity index (χ0n) is 27.2. The van der Waals surface area contributed by atoms with E-state index in [9.17, 15) is 14.4 Å². The average molecular weight is 719 g/mol. The Kier molecular flexibility index (Phi) is 21.5. The number of alkyl halides is 1. The van der Waals surface area contributed by atoms with Crippen LogP contribution in [0.25, 0.3) is 0 Å². The van der Waals surface area contributed by atoms with Crippen LogP contribution in [0.2, 0.25) is 0 Å². The van der Waals surface area contributed by atoms with Gasteiger partial charge in [0, 0.05) is 54.1 Å². The van der Waals surface area contributed by atoms with Gasteiger partial charge in [-0.05, 0) is 36.8 Å². The summed E-state index contributed by atoms with van der Waals surface area (Å²) in [6.07, 6.45) is 3.59. The van der Waals surface area contributed by atoms with E-state index in [-0.39, 0.29) is 42.3 Å². The molecular weight excluding hydrogens is 661 g/mol. The van der Waals surface area contributed by atoms with Gasteiger partial charge < -0.3 is 19.7 Å². The van der Waals surface area contributed by atoms with Crippen molar-refractivity contribution in [2.24, 2.45) is 11.8 Å². The van der Waals surface area contributed by atoms with Crippen LogP contribution in [0.15, 0.2) is 0 Å². The molecule has 3 saturated heterocycles. The molecule has 3 aliphatic rings. The van der Waals surface area contributed by atoms with Crippen molar-refractivity contribution in [3.8, 4) is 0 Å². The number of halogens is 2. The van der Waals surface area contributed by atoms with Gasteiger partial charge in [-0.1, -0.05) is 63.1 Å². The van der Waals surface area contributed by atoms with Gasteiger partial charge in [0.1, 0.15) is 11.8 Å². The number of hydrogen-bond donors (Lipinski definition) is 1. The second kappa shape index (κ2) is 22.9. The number of likely N-dealkylation sites (N-methyl/N-ethyl adjacent to an activating group) is 2. The van der Waals surface area contributed by atoms with E-state index in [1.54, 1.807) is 11.9 Å². The maximum absolute atomic E-state index is 12.4. The van der Waals surface area contributed by atoms with Crippen LogP contribution < -0.4 is 5.32 Å². The molecule has 3 rings (SSSR count). The molecule has 10 nitrogen and oxygen atoms in total. The highest BCUT2D eigenvalue weighted by atomic mass is 127. The van der Waals surface area contributed by atoms with Crippen LogP contribution in [0.1, 0.15) is 54.7 Å². The standard InChI is InChI=1S/C14H25N3O3.C14H28N2O2.CH3I.ClH/c1-4-11(2)12-13(18)17(14(19)15(12)3)6-5-16-7-9-20-10-8-16;1-4-12(2)14(15-3)13(17)6-5-7-16-8-10-18-11-9-16;1-2;/h11-12H,4-10H2,1-3H3;12,14-15H,4-11H2,1-3H3;1H3;1H/t11-,12?;12-,14-;;/m00../s1/i;;1D;. The first kappa shape index (κ1) is 38.5. The summed E-state index contributed by atoms with van der Waals surface area (Å²) in [5.74, 6) is 0.941. The van der Waals surface area contributed by atoms with Crippen LogP contribution >= 0.6 is 35.0 Å². The van der Waals surface area contributed by atoms with Crippen LogP contribution in [-0.4, -0.2) is 141 Å². The van der Waals surface area contributed by atoms with Gasteiger partial charge in [-0.15, -0.1) is 12.4 Å². The summed E-state index contributed by atoms with van der Waals surface area (Å²) in [5, 5.41) is 3.16. The molecule has 0 bridgehead atoms. The number of nitrogens with one attached hydrogen (secondary N) is 1. The number of rotatable bonds is 13. The molecule has 3 heterocycles. The summed E-state index contributed by atoms with van der Waals surface area (Å²) in [4.78, 5) is 44.8. The molecule has 1 unspecified atom stereocenters. The summed E-state index contributed by atoms with van der Waals surface area (Å²) in [5.41, 5.74) is 0.